The lowest BCUT2D eigenvalue weighted by Gasteiger charge is -2.30. The zero-order chi connectivity index (χ0) is 15.4. The number of hydrogen-bond acceptors (Lipinski definition) is 2. The van der Waals surface area contributed by atoms with Crippen molar-refractivity contribution >= 4 is 0 Å². The second kappa shape index (κ2) is 6.31. The fourth-order valence-electron chi connectivity index (χ4n) is 2.11. The van der Waals surface area contributed by atoms with E-state index in [2.05, 4.69) is 53.7 Å². The van der Waals surface area contributed by atoms with Crippen LogP contribution in [0.2, 0.25) is 0 Å². The Balaban J connectivity index is 3.33. The Morgan fingerprint density at radius 2 is 1.65 bits per heavy atom. The molecule has 0 aromatic heterocycles. The van der Waals surface area contributed by atoms with Gasteiger partial charge >= 0.3 is 0 Å². The summed E-state index contributed by atoms with van der Waals surface area (Å²) >= 11 is 0. The van der Waals surface area contributed by atoms with E-state index in [0.29, 0.717) is 0 Å². The van der Waals surface area contributed by atoms with Gasteiger partial charge < -0.3 is 4.74 Å². The highest BCUT2D eigenvalue weighted by Gasteiger charge is 2.26. The highest BCUT2D eigenvalue weighted by molar-refractivity contribution is 5.44. The predicted molar refractivity (Wildman–Crippen MR) is 84.2 cm³/mol. The van der Waals surface area contributed by atoms with Crippen molar-refractivity contribution in [2.75, 3.05) is 6.61 Å². The summed E-state index contributed by atoms with van der Waals surface area (Å²) in [5.41, 5.74) is 2.74. The van der Waals surface area contributed by atoms with Crippen LogP contribution in [0.1, 0.15) is 65.5 Å². The van der Waals surface area contributed by atoms with Gasteiger partial charge in [-0.2, -0.15) is 5.26 Å². The molecule has 2 heteroatoms. The van der Waals surface area contributed by atoms with E-state index in [1.807, 2.05) is 12.1 Å². The van der Waals surface area contributed by atoms with Crippen LogP contribution >= 0.6 is 0 Å². The van der Waals surface area contributed by atoms with E-state index in [1.165, 1.54) is 11.1 Å². The van der Waals surface area contributed by atoms with Crippen molar-refractivity contribution in [3.63, 3.8) is 0 Å². The van der Waals surface area contributed by atoms with Gasteiger partial charge in [-0.25, -0.2) is 0 Å². The maximum Gasteiger partial charge on any atom is 0.174 e. The lowest BCUT2D eigenvalue weighted by atomic mass is 9.76. The Bertz CT molecular complexity index is 495. The first-order chi connectivity index (χ1) is 9.28. The third kappa shape index (κ3) is 3.54. The fraction of sp³-hybridized carbons (Fsp3) is 0.611. The highest BCUT2D eigenvalue weighted by Crippen LogP contribution is 2.38. The van der Waals surface area contributed by atoms with Crippen LogP contribution in [0.5, 0.6) is 5.75 Å². The monoisotopic (exact) mass is 273 g/mol. The Labute approximate surface area is 123 Å². The van der Waals surface area contributed by atoms with Crippen LogP contribution in [0.25, 0.3) is 0 Å². The Morgan fingerprint density at radius 1 is 1.05 bits per heavy atom. The number of nitriles is 1. The summed E-state index contributed by atoms with van der Waals surface area (Å²) in [7, 11) is 0. The minimum atomic E-state index is 0.0463. The van der Waals surface area contributed by atoms with E-state index in [9.17, 15) is 0 Å². The Hall–Kier alpha value is -1.49. The third-order valence-electron chi connectivity index (χ3n) is 4.55. The molecule has 0 saturated carbocycles. The number of ether oxygens (including phenoxy) is 1. The summed E-state index contributed by atoms with van der Waals surface area (Å²) < 4.78 is 5.61. The van der Waals surface area contributed by atoms with Gasteiger partial charge in [-0.05, 0) is 35.3 Å². The zero-order valence-corrected chi connectivity index (χ0v) is 13.7. The molecule has 0 spiro atoms. The minimum Gasteiger partial charge on any atom is -0.478 e. The molecule has 1 aromatic carbocycles. The maximum absolute atomic E-state index is 8.73. The first-order valence-electron chi connectivity index (χ1n) is 7.43. The van der Waals surface area contributed by atoms with Gasteiger partial charge in [0.1, 0.15) is 11.8 Å². The van der Waals surface area contributed by atoms with Crippen molar-refractivity contribution < 1.29 is 4.74 Å². The second-order valence-corrected chi connectivity index (χ2v) is 6.63. The summed E-state index contributed by atoms with van der Waals surface area (Å²) in [4.78, 5) is 0. The second-order valence-electron chi connectivity index (χ2n) is 6.63. The molecule has 0 fully saturated rings. The number of nitrogens with zero attached hydrogens (tertiary/aromatic N) is 1. The van der Waals surface area contributed by atoms with Crippen LogP contribution in [0, 0.1) is 11.3 Å². The summed E-state index contributed by atoms with van der Waals surface area (Å²) in [5.74, 6) is 0.842. The quantitative estimate of drug-likeness (QED) is 0.733. The van der Waals surface area contributed by atoms with E-state index in [1.54, 1.807) is 0 Å². The molecular formula is C18H27NO. The lowest BCUT2D eigenvalue weighted by molar-refractivity contribution is 0.350. The summed E-state index contributed by atoms with van der Waals surface area (Å²) in [6.07, 6.45) is 2.13. The highest BCUT2D eigenvalue weighted by atomic mass is 16.5. The average Bonchev–Trinajstić information content (AvgIpc) is 2.44. The number of rotatable bonds is 6. The van der Waals surface area contributed by atoms with Crippen molar-refractivity contribution in [2.45, 2.75) is 65.2 Å². The normalized spacial score (nSPS) is 12.1. The molecule has 0 aliphatic heterocycles. The van der Waals surface area contributed by atoms with Crippen molar-refractivity contribution in [3.05, 3.63) is 29.3 Å². The largest absolute Gasteiger partial charge is 0.478 e. The van der Waals surface area contributed by atoms with Crippen molar-refractivity contribution in [2.24, 2.45) is 0 Å². The topological polar surface area (TPSA) is 33.0 Å². The van der Waals surface area contributed by atoms with Crippen molar-refractivity contribution in [1.82, 2.24) is 0 Å². The van der Waals surface area contributed by atoms with E-state index >= 15 is 0 Å². The molecule has 0 N–H and O–H groups in total. The lowest BCUT2D eigenvalue weighted by Crippen LogP contribution is -2.21. The maximum atomic E-state index is 8.73. The van der Waals surface area contributed by atoms with Crippen LogP contribution in [0.4, 0.5) is 0 Å². The van der Waals surface area contributed by atoms with E-state index in [-0.39, 0.29) is 17.4 Å². The van der Waals surface area contributed by atoms with Gasteiger partial charge in [-0.15, -0.1) is 0 Å². The molecule has 110 valence electrons. The van der Waals surface area contributed by atoms with Gasteiger partial charge in [0.15, 0.2) is 6.61 Å². The average molecular weight is 273 g/mol. The molecule has 1 aromatic rings. The molecule has 2 nitrogen and oxygen atoms in total. The molecule has 0 radical (unpaired) electrons. The molecule has 0 atom stereocenters. The molecule has 0 aliphatic rings. The molecule has 0 aliphatic carbocycles. The van der Waals surface area contributed by atoms with E-state index < -0.39 is 0 Å². The third-order valence-corrected chi connectivity index (χ3v) is 4.55. The molecule has 0 saturated heterocycles. The molecular weight excluding hydrogens is 246 g/mol. The molecule has 0 bridgehead atoms. The SMILES string of the molecule is CCC(C)(C)c1ccc(OCC#N)c(C(C)(C)CC)c1. The van der Waals surface area contributed by atoms with Gasteiger partial charge in [0, 0.05) is 5.56 Å². The molecule has 0 amide bonds. The minimum absolute atomic E-state index is 0.0463. The van der Waals surface area contributed by atoms with Crippen LogP contribution in [-0.2, 0) is 10.8 Å². The van der Waals surface area contributed by atoms with Crippen molar-refractivity contribution in [3.8, 4) is 11.8 Å². The Morgan fingerprint density at radius 3 is 2.15 bits per heavy atom. The predicted octanol–water partition coefficient (Wildman–Crippen LogP) is 4.96. The molecule has 1 rings (SSSR count). The summed E-state index contributed by atoms with van der Waals surface area (Å²) in [5, 5.41) is 8.73. The van der Waals surface area contributed by atoms with Crippen molar-refractivity contribution in [1.29, 1.82) is 5.26 Å². The summed E-state index contributed by atoms with van der Waals surface area (Å²) in [6, 6.07) is 8.47. The van der Waals surface area contributed by atoms with Crippen LogP contribution in [0.3, 0.4) is 0 Å². The van der Waals surface area contributed by atoms with Gasteiger partial charge in [0.05, 0.1) is 0 Å². The molecule has 20 heavy (non-hydrogen) atoms. The fourth-order valence-corrected chi connectivity index (χ4v) is 2.11. The van der Waals surface area contributed by atoms with Gasteiger partial charge in [-0.1, -0.05) is 53.7 Å². The van der Waals surface area contributed by atoms with E-state index in [4.69, 9.17) is 10.00 Å². The standard InChI is InChI=1S/C18H27NO/c1-7-17(3,4)14-9-10-16(20-12-11-19)15(13-14)18(5,6)8-2/h9-10,13H,7-8,12H2,1-6H3. The van der Waals surface area contributed by atoms with E-state index in [0.717, 1.165) is 18.6 Å². The summed E-state index contributed by atoms with van der Waals surface area (Å²) in [6.45, 7) is 13.5. The van der Waals surface area contributed by atoms with Crippen LogP contribution < -0.4 is 4.74 Å². The van der Waals surface area contributed by atoms with Gasteiger partial charge in [0.2, 0.25) is 0 Å². The number of hydrogen-bond donors (Lipinski definition) is 0. The van der Waals surface area contributed by atoms with Crippen LogP contribution in [0.15, 0.2) is 18.2 Å². The van der Waals surface area contributed by atoms with Crippen LogP contribution in [-0.4, -0.2) is 6.61 Å². The molecule has 0 unspecified atom stereocenters. The number of benzene rings is 1. The molecule has 0 heterocycles. The Kier molecular flexibility index (Phi) is 5.22. The first-order valence-corrected chi connectivity index (χ1v) is 7.43. The smallest absolute Gasteiger partial charge is 0.174 e. The van der Waals surface area contributed by atoms with Gasteiger partial charge in [-0.3, -0.25) is 0 Å². The zero-order valence-electron chi connectivity index (χ0n) is 13.7. The van der Waals surface area contributed by atoms with Gasteiger partial charge in [0.25, 0.3) is 0 Å². The first kappa shape index (κ1) is 16.6.